The summed E-state index contributed by atoms with van der Waals surface area (Å²) in [7, 11) is 1.85. The molecule has 0 saturated heterocycles. The number of carboxylic acid groups (broad SMARTS) is 1. The molecule has 12 nitrogen and oxygen atoms in total. The predicted octanol–water partition coefficient (Wildman–Crippen LogP) is 3.78. The van der Waals surface area contributed by atoms with Crippen LogP contribution in [0.25, 0.3) is 32.7 Å². The van der Waals surface area contributed by atoms with Crippen molar-refractivity contribution in [2.24, 2.45) is 4.99 Å². The lowest BCUT2D eigenvalue weighted by molar-refractivity contribution is -0.140. The second-order valence-electron chi connectivity index (χ2n) is 9.41. The minimum absolute atomic E-state index is 0.0273. The molecule has 1 unspecified atom stereocenters. The third-order valence-corrected chi connectivity index (χ3v) is 7.24. The highest BCUT2D eigenvalue weighted by atomic mass is 32.1. The molecule has 5 heterocycles. The fourth-order valence-electron chi connectivity index (χ4n) is 4.46. The highest BCUT2D eigenvalue weighted by Gasteiger charge is 2.34. The van der Waals surface area contributed by atoms with Crippen molar-refractivity contribution in [1.29, 1.82) is 0 Å². The number of carbonyl (C=O) groups is 2. The zero-order chi connectivity index (χ0) is 30.2. The molecule has 5 rings (SSSR count). The van der Waals surface area contributed by atoms with Gasteiger partial charge in [0.2, 0.25) is 5.43 Å². The number of fused-ring (bicyclic) bond motifs is 1. The lowest BCUT2D eigenvalue weighted by atomic mass is 10.0. The molecule has 1 atom stereocenters. The van der Waals surface area contributed by atoms with E-state index >= 15 is 0 Å². The van der Waals surface area contributed by atoms with Crippen molar-refractivity contribution in [2.75, 3.05) is 25.5 Å². The Hall–Kier alpha value is -4.86. The van der Waals surface area contributed by atoms with Gasteiger partial charge in [0, 0.05) is 55.6 Å². The van der Waals surface area contributed by atoms with Gasteiger partial charge in [-0.2, -0.15) is 13.2 Å². The number of rotatable bonds is 7. The Labute approximate surface area is 239 Å². The summed E-state index contributed by atoms with van der Waals surface area (Å²) < 4.78 is 41.7. The first kappa shape index (κ1) is 28.7. The Morgan fingerprint density at radius 1 is 1.19 bits per heavy atom. The van der Waals surface area contributed by atoms with E-state index in [0.717, 1.165) is 16.7 Å². The van der Waals surface area contributed by atoms with Gasteiger partial charge in [-0.1, -0.05) is 0 Å². The van der Waals surface area contributed by atoms with Gasteiger partial charge in [0.25, 0.3) is 0 Å². The topological polar surface area (TPSA) is 155 Å². The Bertz CT molecular complexity index is 1790. The van der Waals surface area contributed by atoms with Gasteiger partial charge in [0.15, 0.2) is 5.69 Å². The normalized spacial score (nSPS) is 14.9. The van der Waals surface area contributed by atoms with E-state index in [4.69, 9.17) is 0 Å². The van der Waals surface area contributed by atoms with E-state index in [9.17, 15) is 32.7 Å². The number of halogens is 3. The molecule has 0 spiro atoms. The van der Waals surface area contributed by atoms with Crippen molar-refractivity contribution in [3.05, 3.63) is 57.6 Å². The van der Waals surface area contributed by atoms with Gasteiger partial charge in [0.1, 0.15) is 16.4 Å². The smallest absolute Gasteiger partial charge is 0.434 e. The van der Waals surface area contributed by atoms with Gasteiger partial charge in [-0.15, -0.1) is 11.3 Å². The first-order valence-corrected chi connectivity index (χ1v) is 13.4. The minimum Gasteiger partial charge on any atom is -0.477 e. The van der Waals surface area contributed by atoms with Crippen molar-refractivity contribution >= 4 is 46.4 Å². The Balaban J connectivity index is 1.66. The standard InChI is InChI=1S/C26H23F3N8O4S/c1-3-30-25(41)35-21-5-14(23-34-20(11-42-23)26(27,28)29)16(6-32-21)18-4-15-19(7-31-18)37(9-13-8-36(2)12-33-13)10-17(22(15)38)24(39)40/h4-7,10-13H,3,8-9H2,1-2H3,(H,39,40)(H2,30,32,35,41). The van der Waals surface area contributed by atoms with Crippen LogP contribution < -0.4 is 16.1 Å². The molecule has 0 saturated carbocycles. The summed E-state index contributed by atoms with van der Waals surface area (Å²) in [4.78, 5) is 55.9. The van der Waals surface area contributed by atoms with Gasteiger partial charge >= 0.3 is 18.2 Å². The number of anilines is 1. The number of amides is 2. The van der Waals surface area contributed by atoms with Crippen LogP contribution in [0, 0.1) is 0 Å². The lowest BCUT2D eigenvalue weighted by Crippen LogP contribution is -2.28. The van der Waals surface area contributed by atoms with Crippen LogP contribution in [0.15, 0.2) is 45.9 Å². The molecule has 4 aromatic heterocycles. The van der Waals surface area contributed by atoms with Crippen LogP contribution >= 0.6 is 11.3 Å². The highest BCUT2D eigenvalue weighted by molar-refractivity contribution is 7.13. The van der Waals surface area contributed by atoms with Crippen LogP contribution in [0.1, 0.15) is 23.0 Å². The molecule has 16 heteroatoms. The van der Waals surface area contributed by atoms with E-state index in [2.05, 4.69) is 30.6 Å². The van der Waals surface area contributed by atoms with Crippen LogP contribution in [0.5, 0.6) is 0 Å². The largest absolute Gasteiger partial charge is 0.477 e. The minimum atomic E-state index is -4.68. The average molecular weight is 601 g/mol. The quantitative estimate of drug-likeness (QED) is 0.290. The maximum atomic E-state index is 13.4. The number of alkyl halides is 3. The zero-order valence-corrected chi connectivity index (χ0v) is 23.0. The van der Waals surface area contributed by atoms with Crippen molar-refractivity contribution in [2.45, 2.75) is 25.7 Å². The fourth-order valence-corrected chi connectivity index (χ4v) is 5.32. The van der Waals surface area contributed by atoms with E-state index in [1.807, 2.05) is 11.9 Å². The number of aliphatic imine (C=N–C) groups is 1. The van der Waals surface area contributed by atoms with Crippen molar-refractivity contribution in [3.63, 3.8) is 0 Å². The third-order valence-electron chi connectivity index (χ3n) is 6.36. The number of aromatic nitrogens is 4. The SMILES string of the molecule is CCNC(=O)Nc1cc(-c2nc(C(F)(F)F)cs2)c(-c2cc3c(=O)c(C(=O)O)cn(CC4CN(C)C=N4)c3cn2)cn1. The highest BCUT2D eigenvalue weighted by Crippen LogP contribution is 2.38. The summed E-state index contributed by atoms with van der Waals surface area (Å²) in [5, 5.41) is 15.7. The second-order valence-corrected chi connectivity index (χ2v) is 10.3. The summed E-state index contributed by atoms with van der Waals surface area (Å²) in [6.07, 6.45) is 0.939. The summed E-state index contributed by atoms with van der Waals surface area (Å²) >= 11 is 0.734. The molecule has 0 fully saturated rings. The predicted molar refractivity (Wildman–Crippen MR) is 150 cm³/mol. The van der Waals surface area contributed by atoms with E-state index in [1.165, 1.54) is 30.7 Å². The molecule has 2 amide bonds. The molecule has 1 aliphatic heterocycles. The van der Waals surface area contributed by atoms with Crippen LogP contribution in [0.2, 0.25) is 0 Å². The number of likely N-dealkylation sites (N-methyl/N-ethyl adjacent to an activating group) is 1. The number of hydrogen-bond acceptors (Lipinski definition) is 9. The van der Waals surface area contributed by atoms with E-state index in [-0.39, 0.29) is 45.6 Å². The monoisotopic (exact) mass is 600 g/mol. The molecule has 3 N–H and O–H groups in total. The number of aromatic carboxylic acids is 1. The summed E-state index contributed by atoms with van der Waals surface area (Å²) in [5.41, 5.74) is -1.41. The van der Waals surface area contributed by atoms with Gasteiger partial charge in [-0.3, -0.25) is 20.1 Å². The second kappa shape index (κ2) is 11.2. The molecule has 1 aliphatic rings. The van der Waals surface area contributed by atoms with Gasteiger partial charge < -0.3 is 19.9 Å². The Morgan fingerprint density at radius 2 is 1.98 bits per heavy atom. The van der Waals surface area contributed by atoms with Crippen molar-refractivity contribution < 1.29 is 27.9 Å². The number of hydrogen-bond donors (Lipinski definition) is 3. The van der Waals surface area contributed by atoms with Gasteiger partial charge in [-0.25, -0.2) is 19.6 Å². The summed E-state index contributed by atoms with van der Waals surface area (Å²) in [6, 6.07) is 1.98. The molecule has 218 valence electrons. The van der Waals surface area contributed by atoms with E-state index in [0.29, 0.717) is 18.6 Å². The van der Waals surface area contributed by atoms with Crippen molar-refractivity contribution in [3.8, 4) is 21.8 Å². The third kappa shape index (κ3) is 5.79. The molecule has 0 aliphatic carbocycles. The van der Waals surface area contributed by atoms with E-state index < -0.39 is 34.9 Å². The Morgan fingerprint density at radius 3 is 2.62 bits per heavy atom. The molecule has 42 heavy (non-hydrogen) atoms. The van der Waals surface area contributed by atoms with E-state index in [1.54, 1.807) is 17.8 Å². The van der Waals surface area contributed by atoms with Crippen LogP contribution in [0.4, 0.5) is 23.8 Å². The first-order valence-electron chi connectivity index (χ1n) is 12.5. The molecule has 4 aromatic rings. The molecule has 0 radical (unpaired) electrons. The van der Waals surface area contributed by atoms with Crippen LogP contribution in [0.3, 0.4) is 0 Å². The molecular formula is C26H23F3N8O4S. The lowest BCUT2D eigenvalue weighted by Gasteiger charge is -2.17. The summed E-state index contributed by atoms with van der Waals surface area (Å²) in [6.45, 7) is 2.93. The first-order chi connectivity index (χ1) is 19.9. The fraction of sp³-hybridized carbons (Fsp3) is 0.269. The van der Waals surface area contributed by atoms with Gasteiger partial charge in [-0.05, 0) is 19.1 Å². The van der Waals surface area contributed by atoms with Crippen LogP contribution in [-0.4, -0.2) is 74.0 Å². The maximum absolute atomic E-state index is 13.4. The summed E-state index contributed by atoms with van der Waals surface area (Å²) in [5.74, 6) is -1.37. The number of carboxylic acids is 1. The number of urea groups is 1. The number of carbonyl (C=O) groups excluding carboxylic acids is 1. The number of pyridine rings is 3. The average Bonchev–Trinajstić information content (AvgIpc) is 3.59. The molecule has 0 bridgehead atoms. The molecular weight excluding hydrogens is 577 g/mol. The van der Waals surface area contributed by atoms with Crippen LogP contribution in [-0.2, 0) is 12.7 Å². The number of nitrogens with zero attached hydrogens (tertiary/aromatic N) is 6. The number of thiazole rings is 1. The Kier molecular flexibility index (Phi) is 7.64. The zero-order valence-electron chi connectivity index (χ0n) is 22.1. The van der Waals surface area contributed by atoms with Gasteiger partial charge in [0.05, 0.1) is 35.2 Å². The number of nitrogens with one attached hydrogen (secondary N) is 2. The maximum Gasteiger partial charge on any atom is 0.434 e. The van der Waals surface area contributed by atoms with Crippen molar-refractivity contribution in [1.82, 2.24) is 29.7 Å². The molecule has 0 aromatic carbocycles.